The molecule has 0 amide bonds. The molecule has 0 saturated heterocycles. The van der Waals surface area contributed by atoms with E-state index in [1.807, 2.05) is 0 Å². The second-order valence-electron chi connectivity index (χ2n) is 3.45. The predicted octanol–water partition coefficient (Wildman–Crippen LogP) is 0.910. The molecule has 70 valence electrons. The highest BCUT2D eigenvalue weighted by Gasteiger charge is 2.13. The maximum absolute atomic E-state index is 5.78. The Hall–Kier alpha value is -1.32. The van der Waals surface area contributed by atoms with E-state index < -0.39 is 0 Å². The van der Waals surface area contributed by atoms with Crippen molar-refractivity contribution in [3.05, 3.63) is 11.3 Å². The van der Waals surface area contributed by atoms with Crippen LogP contribution in [-0.4, -0.2) is 9.97 Å². The van der Waals surface area contributed by atoms with Crippen LogP contribution in [0.4, 0.5) is 11.8 Å². The van der Waals surface area contributed by atoms with Gasteiger partial charge in [0.05, 0.1) is 5.69 Å². The molecular formula is C9H14N4. The average Bonchev–Trinajstić information content (AvgIpc) is 2.28. The number of hydrogen-bond acceptors (Lipinski definition) is 4. The van der Waals surface area contributed by atoms with E-state index in [9.17, 15) is 0 Å². The first kappa shape index (κ1) is 8.29. The van der Waals surface area contributed by atoms with Crippen LogP contribution in [0.5, 0.6) is 0 Å². The van der Waals surface area contributed by atoms with Gasteiger partial charge in [0, 0.05) is 5.56 Å². The van der Waals surface area contributed by atoms with Crippen LogP contribution >= 0.6 is 0 Å². The smallest absolute Gasteiger partial charge is 0.222 e. The number of nitrogens with two attached hydrogens (primary N) is 2. The molecule has 4 N–H and O–H groups in total. The van der Waals surface area contributed by atoms with Crippen molar-refractivity contribution < 1.29 is 0 Å². The minimum atomic E-state index is 0.304. The lowest BCUT2D eigenvalue weighted by atomic mass is 10.1. The van der Waals surface area contributed by atoms with E-state index in [4.69, 9.17) is 11.5 Å². The van der Waals surface area contributed by atoms with Crippen molar-refractivity contribution in [2.24, 2.45) is 0 Å². The molecule has 4 heteroatoms. The molecule has 13 heavy (non-hydrogen) atoms. The minimum Gasteiger partial charge on any atom is -0.383 e. The maximum atomic E-state index is 5.78. The Bertz CT molecular complexity index is 322. The zero-order valence-electron chi connectivity index (χ0n) is 7.58. The molecule has 0 spiro atoms. The lowest BCUT2D eigenvalue weighted by Crippen LogP contribution is -2.07. The van der Waals surface area contributed by atoms with E-state index in [1.165, 1.54) is 19.3 Å². The fourth-order valence-corrected chi connectivity index (χ4v) is 1.82. The lowest BCUT2D eigenvalue weighted by molar-refractivity contribution is 0.709. The highest BCUT2D eigenvalue weighted by atomic mass is 15.0. The third kappa shape index (κ3) is 1.56. The van der Waals surface area contributed by atoms with Crippen LogP contribution in [0, 0.1) is 0 Å². The summed E-state index contributed by atoms with van der Waals surface area (Å²) in [6.45, 7) is 0. The highest BCUT2D eigenvalue weighted by Crippen LogP contribution is 2.23. The Kier molecular flexibility index (Phi) is 2.04. The molecule has 1 aromatic rings. The van der Waals surface area contributed by atoms with Crippen molar-refractivity contribution in [3.63, 3.8) is 0 Å². The number of rotatable bonds is 0. The molecule has 1 heterocycles. The van der Waals surface area contributed by atoms with E-state index in [1.54, 1.807) is 0 Å². The molecule has 0 unspecified atom stereocenters. The van der Waals surface area contributed by atoms with Crippen molar-refractivity contribution in [1.29, 1.82) is 0 Å². The summed E-state index contributed by atoms with van der Waals surface area (Å²) in [5.41, 5.74) is 13.5. The highest BCUT2D eigenvalue weighted by molar-refractivity contribution is 5.46. The third-order valence-corrected chi connectivity index (χ3v) is 2.48. The quantitative estimate of drug-likeness (QED) is 0.579. The Morgan fingerprint density at radius 1 is 0.923 bits per heavy atom. The fourth-order valence-electron chi connectivity index (χ4n) is 1.82. The van der Waals surface area contributed by atoms with Crippen LogP contribution < -0.4 is 11.5 Å². The molecule has 0 saturated carbocycles. The number of anilines is 2. The van der Waals surface area contributed by atoms with Crippen LogP contribution in [0.15, 0.2) is 0 Å². The summed E-state index contributed by atoms with van der Waals surface area (Å²) in [6, 6.07) is 0. The number of nitrogen functional groups attached to an aromatic ring is 2. The summed E-state index contributed by atoms with van der Waals surface area (Å²) in [7, 11) is 0. The second-order valence-corrected chi connectivity index (χ2v) is 3.45. The minimum absolute atomic E-state index is 0.304. The molecule has 0 atom stereocenters. The van der Waals surface area contributed by atoms with Gasteiger partial charge in [0.2, 0.25) is 5.95 Å². The monoisotopic (exact) mass is 178 g/mol. The normalized spacial score (nSPS) is 16.3. The lowest BCUT2D eigenvalue weighted by Gasteiger charge is -2.07. The standard InChI is InChI=1S/C9H14N4/c10-8-6-4-2-1-3-5-7(6)12-9(11)13-8/h1-5H2,(H4,10,11,12,13). The SMILES string of the molecule is Nc1nc(N)c2c(n1)CCCCC2. The van der Waals surface area contributed by atoms with E-state index in [0.717, 1.165) is 24.1 Å². The molecule has 1 aromatic heterocycles. The molecule has 0 aromatic carbocycles. The van der Waals surface area contributed by atoms with E-state index in [-0.39, 0.29) is 0 Å². The first-order valence-electron chi connectivity index (χ1n) is 4.68. The molecule has 0 aliphatic heterocycles. The van der Waals surface area contributed by atoms with Gasteiger partial charge in [-0.1, -0.05) is 6.42 Å². The predicted molar refractivity (Wildman–Crippen MR) is 52.1 cm³/mol. The number of fused-ring (bicyclic) bond motifs is 1. The van der Waals surface area contributed by atoms with Crippen molar-refractivity contribution >= 4 is 11.8 Å². The zero-order valence-corrected chi connectivity index (χ0v) is 7.58. The summed E-state index contributed by atoms with van der Waals surface area (Å²) in [5.74, 6) is 0.877. The molecule has 0 radical (unpaired) electrons. The van der Waals surface area contributed by atoms with Crippen molar-refractivity contribution in [1.82, 2.24) is 9.97 Å². The Labute approximate surface area is 77.4 Å². The molecule has 1 aliphatic carbocycles. The van der Waals surface area contributed by atoms with Crippen molar-refractivity contribution in [2.75, 3.05) is 11.5 Å². The largest absolute Gasteiger partial charge is 0.383 e. The van der Waals surface area contributed by atoms with Gasteiger partial charge in [0.15, 0.2) is 0 Å². The first-order valence-corrected chi connectivity index (χ1v) is 4.68. The number of aryl methyl sites for hydroxylation is 1. The Morgan fingerprint density at radius 2 is 1.69 bits per heavy atom. The molecule has 1 aliphatic rings. The van der Waals surface area contributed by atoms with Gasteiger partial charge in [-0.3, -0.25) is 0 Å². The van der Waals surface area contributed by atoms with Crippen LogP contribution in [-0.2, 0) is 12.8 Å². The van der Waals surface area contributed by atoms with Gasteiger partial charge in [0.1, 0.15) is 5.82 Å². The van der Waals surface area contributed by atoms with Gasteiger partial charge in [0.25, 0.3) is 0 Å². The average molecular weight is 178 g/mol. The molecule has 0 fully saturated rings. The van der Waals surface area contributed by atoms with Gasteiger partial charge >= 0.3 is 0 Å². The van der Waals surface area contributed by atoms with Crippen molar-refractivity contribution in [2.45, 2.75) is 32.1 Å². The summed E-state index contributed by atoms with van der Waals surface area (Å²) >= 11 is 0. The van der Waals surface area contributed by atoms with Crippen LogP contribution in [0.1, 0.15) is 30.5 Å². The zero-order chi connectivity index (χ0) is 9.26. The summed E-state index contributed by atoms with van der Waals surface area (Å²) in [4.78, 5) is 8.19. The van der Waals surface area contributed by atoms with Crippen LogP contribution in [0.3, 0.4) is 0 Å². The molecule has 0 bridgehead atoms. The van der Waals surface area contributed by atoms with E-state index in [0.29, 0.717) is 11.8 Å². The molecular weight excluding hydrogens is 164 g/mol. The van der Waals surface area contributed by atoms with Crippen LogP contribution in [0.2, 0.25) is 0 Å². The Morgan fingerprint density at radius 3 is 2.54 bits per heavy atom. The first-order chi connectivity index (χ1) is 6.27. The van der Waals surface area contributed by atoms with E-state index in [2.05, 4.69) is 9.97 Å². The number of nitrogens with zero attached hydrogens (tertiary/aromatic N) is 2. The fraction of sp³-hybridized carbons (Fsp3) is 0.556. The summed E-state index contributed by atoms with van der Waals surface area (Å²) in [6.07, 6.45) is 5.61. The van der Waals surface area contributed by atoms with Gasteiger partial charge in [-0.05, 0) is 25.7 Å². The topological polar surface area (TPSA) is 77.8 Å². The summed E-state index contributed by atoms with van der Waals surface area (Å²) in [5, 5.41) is 0. The van der Waals surface area contributed by atoms with Gasteiger partial charge < -0.3 is 11.5 Å². The summed E-state index contributed by atoms with van der Waals surface area (Å²) < 4.78 is 0. The van der Waals surface area contributed by atoms with Crippen molar-refractivity contribution in [3.8, 4) is 0 Å². The van der Waals surface area contributed by atoms with Gasteiger partial charge in [-0.25, -0.2) is 4.98 Å². The second kappa shape index (κ2) is 3.20. The Balaban J connectivity index is 2.47. The molecule has 4 nitrogen and oxygen atoms in total. The molecule has 2 rings (SSSR count). The van der Waals surface area contributed by atoms with Crippen LogP contribution in [0.25, 0.3) is 0 Å². The maximum Gasteiger partial charge on any atom is 0.222 e. The third-order valence-electron chi connectivity index (χ3n) is 2.48. The van der Waals surface area contributed by atoms with Gasteiger partial charge in [-0.15, -0.1) is 0 Å². The van der Waals surface area contributed by atoms with Gasteiger partial charge in [-0.2, -0.15) is 4.98 Å². The number of hydrogen-bond donors (Lipinski definition) is 2. The number of aromatic nitrogens is 2. The van der Waals surface area contributed by atoms with E-state index >= 15 is 0 Å².